The zero-order valence-electron chi connectivity index (χ0n) is 14.2. The molecule has 1 aliphatic rings. The van der Waals surface area contributed by atoms with E-state index in [-0.39, 0.29) is 17.6 Å². The number of fused-ring (bicyclic) bond motifs is 1. The monoisotopic (exact) mass is 411 g/mol. The number of hydrogen-bond donors (Lipinski definition) is 1. The average Bonchev–Trinajstić information content (AvgIpc) is 3.09. The Morgan fingerprint density at radius 1 is 1.15 bits per heavy atom. The quantitative estimate of drug-likeness (QED) is 0.730. The highest BCUT2D eigenvalue weighted by molar-refractivity contribution is 6.35. The summed E-state index contributed by atoms with van der Waals surface area (Å²) in [6.45, 7) is 1.16. The number of carbonyl (C=O) groups excluding carboxylic acids is 2. The minimum absolute atomic E-state index is 0.139. The lowest BCUT2D eigenvalue weighted by Gasteiger charge is -2.15. The van der Waals surface area contributed by atoms with Crippen LogP contribution in [0.3, 0.4) is 0 Å². The molecule has 3 rings (SSSR count). The van der Waals surface area contributed by atoms with Gasteiger partial charge >= 0.3 is 5.97 Å². The third kappa shape index (κ3) is 4.96. The van der Waals surface area contributed by atoms with Crippen LogP contribution in [0.15, 0.2) is 36.4 Å². The van der Waals surface area contributed by atoms with Crippen molar-refractivity contribution in [1.82, 2.24) is 0 Å². The molecule has 1 amide bonds. The molecule has 0 bridgehead atoms. The summed E-state index contributed by atoms with van der Waals surface area (Å²) in [5.74, 6) is 0.217. The van der Waals surface area contributed by atoms with Gasteiger partial charge in [-0.3, -0.25) is 4.79 Å². The van der Waals surface area contributed by atoms with E-state index in [4.69, 9.17) is 42.1 Å². The van der Waals surface area contributed by atoms with Crippen LogP contribution in [0.1, 0.15) is 6.92 Å². The van der Waals surface area contributed by atoms with Crippen LogP contribution in [0, 0.1) is 0 Å². The molecule has 0 unspecified atom stereocenters. The number of benzene rings is 2. The molecule has 1 aliphatic heterocycles. The van der Waals surface area contributed by atoms with Crippen LogP contribution < -0.4 is 19.5 Å². The molecule has 1 atom stereocenters. The van der Waals surface area contributed by atoms with Crippen molar-refractivity contribution >= 4 is 40.8 Å². The van der Waals surface area contributed by atoms with E-state index in [1.807, 2.05) is 0 Å². The van der Waals surface area contributed by atoms with E-state index < -0.39 is 24.6 Å². The number of hydrogen-bond acceptors (Lipinski definition) is 6. The summed E-state index contributed by atoms with van der Waals surface area (Å²) in [5, 5.41) is 3.32. The summed E-state index contributed by atoms with van der Waals surface area (Å²) >= 11 is 11.8. The average molecular weight is 412 g/mol. The highest BCUT2D eigenvalue weighted by Crippen LogP contribution is 2.34. The summed E-state index contributed by atoms with van der Waals surface area (Å²) in [6, 6.07) is 9.57. The molecule has 0 aromatic heterocycles. The third-order valence-corrected chi connectivity index (χ3v) is 4.06. The number of esters is 1. The second-order valence-corrected chi connectivity index (χ2v) is 6.40. The van der Waals surface area contributed by atoms with Gasteiger partial charge in [-0.15, -0.1) is 0 Å². The van der Waals surface area contributed by atoms with Crippen molar-refractivity contribution in [3.63, 3.8) is 0 Å². The number of rotatable bonds is 6. The van der Waals surface area contributed by atoms with E-state index in [2.05, 4.69) is 5.32 Å². The third-order valence-electron chi connectivity index (χ3n) is 3.53. The summed E-state index contributed by atoms with van der Waals surface area (Å²) in [5.41, 5.74) is 0.498. The molecule has 9 heteroatoms. The maximum Gasteiger partial charge on any atom is 0.347 e. The molecule has 142 valence electrons. The minimum atomic E-state index is -0.956. The highest BCUT2D eigenvalue weighted by atomic mass is 35.5. The minimum Gasteiger partial charge on any atom is -0.477 e. The first kappa shape index (κ1) is 19.1. The second kappa shape index (κ2) is 8.37. The maximum absolute atomic E-state index is 12.0. The fraction of sp³-hybridized carbons (Fsp3) is 0.222. The topological polar surface area (TPSA) is 83.1 Å². The Hall–Kier alpha value is -2.64. The van der Waals surface area contributed by atoms with Crippen LogP contribution in [-0.4, -0.2) is 31.4 Å². The van der Waals surface area contributed by atoms with Gasteiger partial charge in [0, 0.05) is 16.8 Å². The molecule has 0 fully saturated rings. The van der Waals surface area contributed by atoms with Crippen molar-refractivity contribution in [3.05, 3.63) is 46.4 Å². The summed E-state index contributed by atoms with van der Waals surface area (Å²) in [7, 11) is 0. The second-order valence-electron chi connectivity index (χ2n) is 5.56. The fourth-order valence-electron chi connectivity index (χ4n) is 2.23. The van der Waals surface area contributed by atoms with Crippen LogP contribution >= 0.6 is 23.2 Å². The molecule has 2 aromatic rings. The van der Waals surface area contributed by atoms with E-state index in [0.29, 0.717) is 22.2 Å². The van der Waals surface area contributed by atoms with Gasteiger partial charge in [0.15, 0.2) is 24.2 Å². The largest absolute Gasteiger partial charge is 0.477 e. The van der Waals surface area contributed by atoms with Gasteiger partial charge < -0.3 is 24.3 Å². The molecule has 0 saturated carbocycles. The lowest BCUT2D eigenvalue weighted by molar-refractivity contribution is -0.153. The molecule has 7 nitrogen and oxygen atoms in total. The van der Waals surface area contributed by atoms with Gasteiger partial charge in [-0.2, -0.15) is 0 Å². The predicted octanol–water partition coefficient (Wildman–Crippen LogP) is 3.67. The van der Waals surface area contributed by atoms with Crippen molar-refractivity contribution in [3.8, 4) is 17.2 Å². The Kier molecular flexibility index (Phi) is 5.93. The predicted molar refractivity (Wildman–Crippen MR) is 98.7 cm³/mol. The van der Waals surface area contributed by atoms with Gasteiger partial charge in [-0.25, -0.2) is 4.79 Å². The molecule has 27 heavy (non-hydrogen) atoms. The van der Waals surface area contributed by atoms with Crippen molar-refractivity contribution in [2.75, 3.05) is 18.7 Å². The van der Waals surface area contributed by atoms with Crippen LogP contribution in [0.4, 0.5) is 5.69 Å². The van der Waals surface area contributed by atoms with Crippen molar-refractivity contribution in [2.24, 2.45) is 0 Å². The zero-order chi connectivity index (χ0) is 19.4. The normalized spacial score (nSPS) is 13.0. The molecule has 0 saturated heterocycles. The SMILES string of the molecule is C[C@@H](Oc1ccc(Cl)cc1Cl)C(=O)OCC(=O)Nc1ccc2c(c1)OCO2. The molecule has 0 radical (unpaired) electrons. The number of nitrogens with one attached hydrogen (secondary N) is 1. The van der Waals surface area contributed by atoms with E-state index in [1.165, 1.54) is 13.0 Å². The van der Waals surface area contributed by atoms with E-state index in [9.17, 15) is 9.59 Å². The van der Waals surface area contributed by atoms with E-state index >= 15 is 0 Å². The number of amides is 1. The molecule has 0 aliphatic carbocycles. The number of ether oxygens (including phenoxy) is 4. The first-order chi connectivity index (χ1) is 12.9. The molecule has 1 heterocycles. The highest BCUT2D eigenvalue weighted by Gasteiger charge is 2.20. The van der Waals surface area contributed by atoms with Gasteiger partial charge in [0.05, 0.1) is 5.02 Å². The standard InChI is InChI=1S/C18H15Cl2NO6/c1-10(27-14-4-2-11(19)6-13(14)20)18(23)24-8-17(22)21-12-3-5-15-16(7-12)26-9-25-15/h2-7,10H,8-9H2,1H3,(H,21,22)/t10-/m1/s1. The van der Waals surface area contributed by atoms with Crippen molar-refractivity contribution < 1.29 is 28.5 Å². The van der Waals surface area contributed by atoms with Gasteiger partial charge in [0.2, 0.25) is 6.79 Å². The summed E-state index contributed by atoms with van der Waals surface area (Å²) in [6.07, 6.45) is -0.956. The summed E-state index contributed by atoms with van der Waals surface area (Å²) in [4.78, 5) is 24.0. The maximum atomic E-state index is 12.0. The number of halogens is 2. The van der Waals surface area contributed by atoms with Gasteiger partial charge in [0.1, 0.15) is 5.75 Å². The Morgan fingerprint density at radius 3 is 2.70 bits per heavy atom. The molecule has 0 spiro atoms. The van der Waals surface area contributed by atoms with Gasteiger partial charge in [-0.1, -0.05) is 23.2 Å². The Labute approximate surface area is 165 Å². The van der Waals surface area contributed by atoms with Crippen LogP contribution in [0.25, 0.3) is 0 Å². The molecular formula is C18H15Cl2NO6. The Bertz CT molecular complexity index is 873. The zero-order valence-corrected chi connectivity index (χ0v) is 15.7. The van der Waals surface area contributed by atoms with E-state index in [0.717, 1.165) is 0 Å². The van der Waals surface area contributed by atoms with E-state index in [1.54, 1.807) is 30.3 Å². The van der Waals surface area contributed by atoms with Crippen LogP contribution in [0.2, 0.25) is 10.0 Å². The van der Waals surface area contributed by atoms with Crippen LogP contribution in [0.5, 0.6) is 17.2 Å². The fourth-order valence-corrected chi connectivity index (χ4v) is 2.69. The molecule has 1 N–H and O–H groups in total. The van der Waals surface area contributed by atoms with Crippen LogP contribution in [-0.2, 0) is 14.3 Å². The lowest BCUT2D eigenvalue weighted by Crippen LogP contribution is -2.29. The first-order valence-corrected chi connectivity index (χ1v) is 8.66. The Balaban J connectivity index is 1.48. The first-order valence-electron chi connectivity index (χ1n) is 7.90. The van der Waals surface area contributed by atoms with Crippen molar-refractivity contribution in [1.29, 1.82) is 0 Å². The Morgan fingerprint density at radius 2 is 1.93 bits per heavy atom. The number of carbonyl (C=O) groups is 2. The number of anilines is 1. The molecule has 2 aromatic carbocycles. The van der Waals surface area contributed by atoms with Gasteiger partial charge in [0.25, 0.3) is 5.91 Å². The lowest BCUT2D eigenvalue weighted by atomic mass is 10.3. The molecular weight excluding hydrogens is 397 g/mol. The summed E-state index contributed by atoms with van der Waals surface area (Å²) < 4.78 is 20.8. The smallest absolute Gasteiger partial charge is 0.347 e. The van der Waals surface area contributed by atoms with Crippen molar-refractivity contribution in [2.45, 2.75) is 13.0 Å². The van der Waals surface area contributed by atoms with Gasteiger partial charge in [-0.05, 0) is 37.3 Å².